The quantitative estimate of drug-likeness (QED) is 0.689. The number of furan rings is 1. The molecule has 4 nitrogen and oxygen atoms in total. The van der Waals surface area contributed by atoms with E-state index in [9.17, 15) is 15.3 Å². The Labute approximate surface area is 140 Å². The number of hydrogen-bond acceptors (Lipinski definition) is 4. The lowest BCUT2D eigenvalue weighted by Gasteiger charge is -2.10. The number of aliphatic hydroxyl groups excluding tert-OH is 2. The number of benzene rings is 1. The monoisotopic (exact) mass is 334 g/mol. The molecular weight excluding hydrogens is 316 g/mol. The van der Waals surface area contributed by atoms with Crippen molar-refractivity contribution in [2.45, 2.75) is 32.0 Å². The van der Waals surface area contributed by atoms with E-state index in [1.54, 1.807) is 24.3 Å². The summed E-state index contributed by atoms with van der Waals surface area (Å²) < 4.78 is 5.14. The van der Waals surface area contributed by atoms with Crippen molar-refractivity contribution >= 4 is 11.6 Å². The number of hydrogen-bond donors (Lipinski definition) is 3. The van der Waals surface area contributed by atoms with Crippen LogP contribution < -0.4 is 0 Å². The molecule has 0 aliphatic rings. The number of rotatable bonds is 6. The molecule has 5 heteroatoms. The summed E-state index contributed by atoms with van der Waals surface area (Å²) in [6.45, 7) is 1.85. The topological polar surface area (TPSA) is 73.8 Å². The first-order chi connectivity index (χ1) is 11.0. The third-order valence-electron chi connectivity index (χ3n) is 3.40. The van der Waals surface area contributed by atoms with Crippen LogP contribution in [0.4, 0.5) is 0 Å². The summed E-state index contributed by atoms with van der Waals surface area (Å²) in [4.78, 5) is 0. The first kappa shape index (κ1) is 17.4. The Kier molecular flexibility index (Phi) is 6.08. The summed E-state index contributed by atoms with van der Waals surface area (Å²) in [7, 11) is 0. The second-order valence-corrected chi connectivity index (χ2v) is 5.73. The number of aliphatic hydroxyl groups is 2. The fourth-order valence-corrected chi connectivity index (χ4v) is 2.49. The van der Waals surface area contributed by atoms with Crippen molar-refractivity contribution < 1.29 is 19.7 Å². The highest BCUT2D eigenvalue weighted by molar-refractivity contribution is 6.31. The summed E-state index contributed by atoms with van der Waals surface area (Å²) in [5, 5.41) is 29.7. The molecule has 0 bridgehead atoms. The Morgan fingerprint density at radius 2 is 2.09 bits per heavy atom. The molecule has 2 aromatic rings. The van der Waals surface area contributed by atoms with Gasteiger partial charge < -0.3 is 19.7 Å². The van der Waals surface area contributed by atoms with Gasteiger partial charge in [-0.15, -0.1) is 5.73 Å². The first-order valence-electron chi connectivity index (χ1n) is 7.26. The van der Waals surface area contributed by atoms with Crippen LogP contribution >= 0.6 is 11.6 Å². The van der Waals surface area contributed by atoms with Gasteiger partial charge in [0, 0.05) is 12.8 Å². The van der Waals surface area contributed by atoms with Crippen molar-refractivity contribution in [3.05, 3.63) is 70.3 Å². The Balaban J connectivity index is 1.96. The van der Waals surface area contributed by atoms with Gasteiger partial charge in [0.25, 0.3) is 0 Å². The molecule has 2 atom stereocenters. The Morgan fingerprint density at radius 3 is 2.74 bits per heavy atom. The molecule has 0 amide bonds. The normalized spacial score (nSPS) is 13.2. The molecule has 0 saturated carbocycles. The van der Waals surface area contributed by atoms with Crippen LogP contribution in [0.25, 0.3) is 0 Å². The molecule has 0 saturated heterocycles. The predicted octanol–water partition coefficient (Wildman–Crippen LogP) is 4.29. The molecule has 1 aromatic carbocycles. The molecule has 1 aromatic heterocycles. The van der Waals surface area contributed by atoms with Crippen molar-refractivity contribution in [1.82, 2.24) is 0 Å². The minimum Gasteiger partial charge on any atom is -0.508 e. The van der Waals surface area contributed by atoms with Gasteiger partial charge >= 0.3 is 0 Å². The van der Waals surface area contributed by atoms with Gasteiger partial charge in [-0.3, -0.25) is 0 Å². The van der Waals surface area contributed by atoms with E-state index >= 15 is 0 Å². The lowest BCUT2D eigenvalue weighted by molar-refractivity contribution is 0.150. The zero-order valence-corrected chi connectivity index (χ0v) is 13.5. The summed E-state index contributed by atoms with van der Waals surface area (Å²) in [6.07, 6.45) is 2.47. The molecule has 0 aliphatic carbocycles. The van der Waals surface area contributed by atoms with Crippen LogP contribution in [-0.4, -0.2) is 15.3 Å². The summed E-state index contributed by atoms with van der Waals surface area (Å²) in [5.41, 5.74) is 4.44. The van der Waals surface area contributed by atoms with E-state index in [0.29, 0.717) is 29.2 Å². The third-order valence-corrected chi connectivity index (χ3v) is 3.73. The maximum Gasteiger partial charge on any atom is 0.132 e. The summed E-state index contributed by atoms with van der Waals surface area (Å²) in [5.74, 6) is 0.575. The fourth-order valence-electron chi connectivity index (χ4n) is 2.19. The summed E-state index contributed by atoms with van der Waals surface area (Å²) in [6, 6.07) is 7.91. The van der Waals surface area contributed by atoms with Crippen molar-refractivity contribution in [2.75, 3.05) is 0 Å². The molecule has 0 spiro atoms. The average molecular weight is 335 g/mol. The van der Waals surface area contributed by atoms with Gasteiger partial charge in [0.05, 0.1) is 17.4 Å². The number of phenolic OH excluding ortho intramolecular Hbond substituents is 1. The van der Waals surface area contributed by atoms with E-state index in [2.05, 4.69) is 5.73 Å². The van der Waals surface area contributed by atoms with Gasteiger partial charge in [-0.1, -0.05) is 17.7 Å². The van der Waals surface area contributed by atoms with Crippen LogP contribution in [0.2, 0.25) is 5.02 Å². The highest BCUT2D eigenvalue weighted by Gasteiger charge is 2.12. The van der Waals surface area contributed by atoms with E-state index < -0.39 is 12.2 Å². The molecule has 122 valence electrons. The van der Waals surface area contributed by atoms with Crippen molar-refractivity contribution in [2.24, 2.45) is 0 Å². The highest BCUT2D eigenvalue weighted by atomic mass is 35.5. The Morgan fingerprint density at radius 1 is 1.30 bits per heavy atom. The number of halogens is 1. The lowest BCUT2D eigenvalue weighted by Crippen LogP contribution is -1.97. The number of phenols is 1. The van der Waals surface area contributed by atoms with Gasteiger partial charge in [0.15, 0.2) is 0 Å². The number of aromatic hydroxyl groups is 1. The molecule has 0 unspecified atom stereocenters. The average Bonchev–Trinajstić information content (AvgIpc) is 3.01. The summed E-state index contributed by atoms with van der Waals surface area (Å²) >= 11 is 5.99. The molecule has 1 heterocycles. The van der Waals surface area contributed by atoms with Crippen molar-refractivity contribution in [3.8, 4) is 5.75 Å². The molecule has 3 N–H and O–H groups in total. The third kappa shape index (κ3) is 5.02. The standard InChI is InChI=1S/C18H19ClO4/c1-12(10-17(22)18-6-3-9-23-18)4-2-5-16(21)14-8-7-13(20)11-15(14)19/h2-3,6-9,11,16-17,20-22H,5,10H2,1H3/t4?,16-,17-/m1/s1. The first-order valence-corrected chi connectivity index (χ1v) is 7.63. The maximum atomic E-state index is 10.1. The molecule has 0 fully saturated rings. The van der Waals surface area contributed by atoms with Gasteiger partial charge in [0.2, 0.25) is 0 Å². The molecule has 23 heavy (non-hydrogen) atoms. The zero-order chi connectivity index (χ0) is 16.8. The van der Waals surface area contributed by atoms with E-state index in [1.807, 2.05) is 6.92 Å². The minimum absolute atomic E-state index is 0.0594. The van der Waals surface area contributed by atoms with Crippen molar-refractivity contribution in [1.29, 1.82) is 0 Å². The van der Waals surface area contributed by atoms with Crippen LogP contribution in [0.3, 0.4) is 0 Å². The molecule has 2 rings (SSSR count). The smallest absolute Gasteiger partial charge is 0.132 e. The van der Waals surface area contributed by atoms with Gasteiger partial charge in [-0.05, 0) is 48.4 Å². The second kappa shape index (κ2) is 8.04. The largest absolute Gasteiger partial charge is 0.508 e. The fraction of sp³-hybridized carbons (Fsp3) is 0.278. The second-order valence-electron chi connectivity index (χ2n) is 5.32. The lowest BCUT2D eigenvalue weighted by atomic mass is 10.1. The van der Waals surface area contributed by atoms with E-state index in [-0.39, 0.29) is 5.75 Å². The zero-order valence-electron chi connectivity index (χ0n) is 12.7. The van der Waals surface area contributed by atoms with Crippen LogP contribution in [0, 0.1) is 0 Å². The van der Waals surface area contributed by atoms with Gasteiger partial charge in [0.1, 0.15) is 17.6 Å². The van der Waals surface area contributed by atoms with Crippen LogP contribution in [0.15, 0.2) is 58.4 Å². The SMILES string of the molecule is CC(=C=CC[C@@H](O)c1ccc(O)cc1Cl)C[C@@H](O)c1ccco1. The molecule has 0 aliphatic heterocycles. The molecular formula is C18H19ClO4. The van der Waals surface area contributed by atoms with Gasteiger partial charge in [-0.25, -0.2) is 0 Å². The van der Waals surface area contributed by atoms with Crippen LogP contribution in [0.5, 0.6) is 5.75 Å². The van der Waals surface area contributed by atoms with Crippen LogP contribution in [-0.2, 0) is 0 Å². The van der Waals surface area contributed by atoms with Crippen molar-refractivity contribution in [3.63, 3.8) is 0 Å². The van der Waals surface area contributed by atoms with Gasteiger partial charge in [-0.2, -0.15) is 0 Å². The Hall–Kier alpha value is -1.97. The Bertz CT molecular complexity index is 700. The highest BCUT2D eigenvalue weighted by Crippen LogP contribution is 2.28. The van der Waals surface area contributed by atoms with E-state index in [1.165, 1.54) is 18.4 Å². The van der Waals surface area contributed by atoms with E-state index in [4.69, 9.17) is 16.0 Å². The van der Waals surface area contributed by atoms with Crippen LogP contribution in [0.1, 0.15) is 43.3 Å². The maximum absolute atomic E-state index is 10.1. The minimum atomic E-state index is -0.779. The van der Waals surface area contributed by atoms with E-state index in [0.717, 1.165) is 5.57 Å². The predicted molar refractivity (Wildman–Crippen MR) is 88.2 cm³/mol. The molecule has 0 radical (unpaired) electrons.